The average molecular weight is 539 g/mol. The van der Waals surface area contributed by atoms with Crippen LogP contribution in [0, 0.1) is 0 Å². The summed E-state index contributed by atoms with van der Waals surface area (Å²) in [5.41, 5.74) is 3.51. The summed E-state index contributed by atoms with van der Waals surface area (Å²) in [4.78, 5) is 23.5. The number of hydrogen-bond donors (Lipinski definition) is 0. The van der Waals surface area contributed by atoms with Gasteiger partial charge in [0.2, 0.25) is 0 Å². The molecule has 0 saturated carbocycles. The lowest BCUT2D eigenvalue weighted by Gasteiger charge is -2.14. The summed E-state index contributed by atoms with van der Waals surface area (Å²) in [6.07, 6.45) is 6.22. The lowest BCUT2D eigenvalue weighted by atomic mass is 9.98. The van der Waals surface area contributed by atoms with Crippen LogP contribution in [0.5, 0.6) is 17.2 Å². The Balaban J connectivity index is 1.47. The summed E-state index contributed by atoms with van der Waals surface area (Å²) in [6.45, 7) is 5.81. The summed E-state index contributed by atoms with van der Waals surface area (Å²) < 4.78 is 12.0. The van der Waals surface area contributed by atoms with Crippen LogP contribution in [0.3, 0.4) is 0 Å². The van der Waals surface area contributed by atoms with Gasteiger partial charge in [0.05, 0.1) is 11.9 Å². The van der Waals surface area contributed by atoms with E-state index in [9.17, 15) is 9.59 Å². The molecule has 4 nitrogen and oxygen atoms in total. The Morgan fingerprint density at radius 2 is 1.59 bits per heavy atom. The van der Waals surface area contributed by atoms with Gasteiger partial charge < -0.3 is 9.47 Å². The number of aryl methyl sites for hydroxylation is 2. The van der Waals surface area contributed by atoms with Crippen LogP contribution in [0.4, 0.5) is 0 Å². The summed E-state index contributed by atoms with van der Waals surface area (Å²) in [7, 11) is 0. The molecular weight excluding hydrogens is 504 g/mol. The average Bonchev–Trinajstić information content (AvgIpc) is 2.87. The highest BCUT2D eigenvalue weighted by Crippen LogP contribution is 2.32. The molecule has 0 fully saturated rings. The van der Waals surface area contributed by atoms with Crippen LogP contribution in [-0.2, 0) is 22.4 Å². The molecule has 37 heavy (non-hydrogen) atoms. The van der Waals surface area contributed by atoms with E-state index < -0.39 is 5.25 Å². The molecule has 0 amide bonds. The Bertz CT molecular complexity index is 1180. The van der Waals surface area contributed by atoms with Crippen LogP contribution >= 0.6 is 23.4 Å². The van der Waals surface area contributed by atoms with Gasteiger partial charge in [0.25, 0.3) is 0 Å². The third-order valence-corrected chi connectivity index (χ3v) is 7.34. The second-order valence-corrected chi connectivity index (χ2v) is 10.8. The van der Waals surface area contributed by atoms with E-state index in [1.807, 2.05) is 54.6 Å². The molecule has 0 saturated heterocycles. The number of ketones is 1. The van der Waals surface area contributed by atoms with Crippen LogP contribution in [0.15, 0.2) is 66.7 Å². The molecule has 0 radical (unpaired) electrons. The fraction of sp³-hybridized carbons (Fsp3) is 0.355. The van der Waals surface area contributed by atoms with Gasteiger partial charge in [-0.05, 0) is 104 Å². The van der Waals surface area contributed by atoms with E-state index in [1.54, 1.807) is 0 Å². The molecule has 0 aliphatic rings. The minimum atomic E-state index is -0.485. The number of benzene rings is 3. The second kappa shape index (κ2) is 14.8. The van der Waals surface area contributed by atoms with Gasteiger partial charge in [-0.1, -0.05) is 54.9 Å². The van der Waals surface area contributed by atoms with Gasteiger partial charge in [-0.2, -0.15) is 0 Å². The van der Waals surface area contributed by atoms with Gasteiger partial charge in [0, 0.05) is 11.9 Å². The van der Waals surface area contributed by atoms with Crippen molar-refractivity contribution < 1.29 is 19.1 Å². The maximum absolute atomic E-state index is 12.0. The first-order valence-corrected chi connectivity index (χ1v) is 14.1. The van der Waals surface area contributed by atoms with Gasteiger partial charge in [-0.25, -0.2) is 0 Å². The van der Waals surface area contributed by atoms with Crippen molar-refractivity contribution in [3.63, 3.8) is 0 Å². The van der Waals surface area contributed by atoms with E-state index in [0.717, 1.165) is 73.1 Å². The Kier molecular flexibility index (Phi) is 11.6. The van der Waals surface area contributed by atoms with Crippen molar-refractivity contribution in [3.8, 4) is 17.2 Å². The van der Waals surface area contributed by atoms with Gasteiger partial charge in [-0.15, -0.1) is 0 Å². The number of rotatable bonds is 14. The molecule has 1 unspecified atom stereocenters. The maximum Gasteiger partial charge on any atom is 0.186 e. The predicted molar refractivity (Wildman–Crippen MR) is 153 cm³/mol. The van der Waals surface area contributed by atoms with Crippen LogP contribution in [0.25, 0.3) is 0 Å². The van der Waals surface area contributed by atoms with E-state index in [-0.39, 0.29) is 10.9 Å². The Morgan fingerprint density at radius 3 is 2.30 bits per heavy atom. The Hall–Kier alpha value is -2.76. The number of carbonyl (C=O) groups excluding carboxylic acids is 2. The largest absolute Gasteiger partial charge is 0.494 e. The molecule has 3 rings (SSSR count). The number of ether oxygens (including phenoxy) is 2. The zero-order chi connectivity index (χ0) is 26.6. The zero-order valence-corrected chi connectivity index (χ0v) is 23.4. The number of thioether (sulfide) groups is 1. The summed E-state index contributed by atoms with van der Waals surface area (Å²) in [6, 6.07) is 21.3. The molecular formula is C31H35ClO4S. The molecule has 0 bridgehead atoms. The molecule has 6 heteroatoms. The van der Waals surface area contributed by atoms with Crippen molar-refractivity contribution in [2.75, 3.05) is 6.61 Å². The Labute approximate surface area is 229 Å². The second-order valence-electron chi connectivity index (χ2n) is 9.07. The summed E-state index contributed by atoms with van der Waals surface area (Å²) in [5.74, 6) is 2.32. The van der Waals surface area contributed by atoms with Crippen molar-refractivity contribution in [1.29, 1.82) is 0 Å². The molecule has 196 valence electrons. The first kappa shape index (κ1) is 28.8. The number of halogens is 1. The number of hydrogen-bond acceptors (Lipinski definition) is 5. The number of Topliss-reactive ketones (excluding diaryl/α,β-unsaturated/α-hetero) is 1. The maximum atomic E-state index is 12.0. The van der Waals surface area contributed by atoms with Crippen LogP contribution in [0.2, 0.25) is 5.02 Å². The monoisotopic (exact) mass is 538 g/mol. The third kappa shape index (κ3) is 9.56. The van der Waals surface area contributed by atoms with E-state index >= 15 is 0 Å². The van der Waals surface area contributed by atoms with Crippen molar-refractivity contribution in [2.45, 2.75) is 64.5 Å². The third-order valence-electron chi connectivity index (χ3n) is 5.92. The fourth-order valence-corrected chi connectivity index (χ4v) is 5.06. The fourth-order valence-electron chi connectivity index (χ4n) is 4.15. The minimum Gasteiger partial charge on any atom is -0.494 e. The lowest BCUT2D eigenvalue weighted by molar-refractivity contribution is -0.117. The highest BCUT2D eigenvalue weighted by atomic mass is 35.5. The van der Waals surface area contributed by atoms with Gasteiger partial charge in [-0.3, -0.25) is 9.59 Å². The van der Waals surface area contributed by atoms with Crippen molar-refractivity contribution in [2.24, 2.45) is 0 Å². The molecule has 0 heterocycles. The van der Waals surface area contributed by atoms with Crippen LogP contribution < -0.4 is 9.47 Å². The SMILES string of the molecule is CCCc1cc(Oc2ccc(Cl)cc2)ccc1CCCCCOc1cccc(C(SC(C)=O)C(C)=O)c1. The van der Waals surface area contributed by atoms with Crippen molar-refractivity contribution >= 4 is 34.3 Å². The molecule has 0 spiro atoms. The van der Waals surface area contributed by atoms with Crippen molar-refractivity contribution in [3.05, 3.63) is 88.4 Å². The topological polar surface area (TPSA) is 52.6 Å². The molecule has 3 aromatic carbocycles. The molecule has 0 aliphatic heterocycles. The predicted octanol–water partition coefficient (Wildman–Crippen LogP) is 8.79. The molecule has 1 atom stereocenters. The summed E-state index contributed by atoms with van der Waals surface area (Å²) >= 11 is 7.02. The lowest BCUT2D eigenvalue weighted by Crippen LogP contribution is -2.07. The standard InChI is InChI=1S/C31H35ClO4S/c1-4-9-25-20-30(36-28-17-14-27(32)15-18-28)16-13-24(25)10-6-5-7-19-35-29-12-8-11-26(21-29)31(22(2)33)37-23(3)34/h8,11-18,20-21,31H,4-7,9-10,19H2,1-3H3. The van der Waals surface area contributed by atoms with Crippen molar-refractivity contribution in [1.82, 2.24) is 0 Å². The van der Waals surface area contributed by atoms with Crippen LogP contribution in [-0.4, -0.2) is 17.5 Å². The van der Waals surface area contributed by atoms with Gasteiger partial charge >= 0.3 is 0 Å². The number of carbonyl (C=O) groups is 2. The van der Waals surface area contributed by atoms with Gasteiger partial charge in [0.1, 0.15) is 23.0 Å². The Morgan fingerprint density at radius 1 is 0.838 bits per heavy atom. The smallest absolute Gasteiger partial charge is 0.186 e. The molecule has 3 aromatic rings. The molecule has 0 N–H and O–H groups in total. The van der Waals surface area contributed by atoms with E-state index in [1.165, 1.54) is 25.0 Å². The normalized spacial score (nSPS) is 11.7. The summed E-state index contributed by atoms with van der Waals surface area (Å²) in [5, 5.41) is 0.136. The quantitative estimate of drug-likeness (QED) is 0.192. The van der Waals surface area contributed by atoms with Gasteiger partial charge in [0.15, 0.2) is 5.12 Å². The van der Waals surface area contributed by atoms with E-state index in [0.29, 0.717) is 11.6 Å². The van der Waals surface area contributed by atoms with E-state index in [4.69, 9.17) is 21.1 Å². The first-order chi connectivity index (χ1) is 17.9. The first-order valence-electron chi connectivity index (χ1n) is 12.8. The molecule has 0 aliphatic carbocycles. The zero-order valence-electron chi connectivity index (χ0n) is 21.8. The number of unbranched alkanes of at least 4 members (excludes halogenated alkanes) is 2. The molecule has 0 aromatic heterocycles. The van der Waals surface area contributed by atoms with Crippen LogP contribution in [0.1, 0.15) is 68.4 Å². The highest BCUT2D eigenvalue weighted by Gasteiger charge is 2.20. The van der Waals surface area contributed by atoms with E-state index in [2.05, 4.69) is 19.1 Å². The highest BCUT2D eigenvalue weighted by molar-refractivity contribution is 8.14. The minimum absolute atomic E-state index is 0.0376.